The zero-order chi connectivity index (χ0) is 10.4. The molecule has 0 bridgehead atoms. The number of carbonyl (C=O) groups excluding carboxylic acids is 1. The maximum atomic E-state index is 11.7. The van der Waals surface area contributed by atoms with Crippen LogP contribution in [0.25, 0.3) is 0 Å². The van der Waals surface area contributed by atoms with Gasteiger partial charge in [-0.05, 0) is 13.3 Å². The average Bonchev–Trinajstić information content (AvgIpc) is 2.54. The van der Waals surface area contributed by atoms with E-state index in [-0.39, 0.29) is 5.91 Å². The number of amidine groups is 1. The molecule has 0 aromatic heterocycles. The van der Waals surface area contributed by atoms with Crippen LogP contribution in [0.15, 0.2) is 4.99 Å². The second-order valence-corrected chi connectivity index (χ2v) is 6.27. The number of alkyl halides is 2. The molecule has 0 saturated heterocycles. The summed E-state index contributed by atoms with van der Waals surface area (Å²) in [6.07, 6.45) is 0.507. The average molecular weight is 253 g/mol. The van der Waals surface area contributed by atoms with Gasteiger partial charge in [0.25, 0.3) is 0 Å². The number of amides is 1. The van der Waals surface area contributed by atoms with E-state index >= 15 is 0 Å². The van der Waals surface area contributed by atoms with Crippen molar-refractivity contribution < 1.29 is 4.79 Å². The van der Waals surface area contributed by atoms with E-state index in [1.54, 1.807) is 18.7 Å². The minimum Gasteiger partial charge on any atom is -0.305 e. The van der Waals surface area contributed by atoms with Gasteiger partial charge in [0.1, 0.15) is 4.33 Å². The molecule has 1 amide bonds. The molecule has 1 aliphatic carbocycles. The van der Waals surface area contributed by atoms with E-state index in [4.69, 9.17) is 23.2 Å². The van der Waals surface area contributed by atoms with Crippen molar-refractivity contribution in [2.75, 3.05) is 12.3 Å². The predicted octanol–water partition coefficient (Wildman–Crippen LogP) is 1.79. The van der Waals surface area contributed by atoms with Crippen LogP contribution in [0, 0.1) is 5.41 Å². The third kappa shape index (κ3) is 1.64. The highest BCUT2D eigenvalue weighted by molar-refractivity contribution is 8.14. The van der Waals surface area contributed by atoms with Crippen LogP contribution in [0.1, 0.15) is 13.3 Å². The Kier molecular flexibility index (Phi) is 2.48. The van der Waals surface area contributed by atoms with Crippen LogP contribution in [-0.4, -0.2) is 27.7 Å². The lowest BCUT2D eigenvalue weighted by atomic mass is 10.1. The van der Waals surface area contributed by atoms with Gasteiger partial charge in [0.05, 0.1) is 12.0 Å². The molecule has 0 aromatic rings. The standard InChI is InChI=1S/C8H10Cl2N2OS/c1-7(4-8(7,9)10)5(13)12-6-11-2-3-14-6/h2-4H2,1H3,(H,11,12,13). The van der Waals surface area contributed by atoms with Crippen molar-refractivity contribution in [2.24, 2.45) is 10.4 Å². The molecule has 3 nitrogen and oxygen atoms in total. The number of aliphatic imine (C=N–C) groups is 1. The second kappa shape index (κ2) is 3.29. The van der Waals surface area contributed by atoms with Crippen molar-refractivity contribution in [1.29, 1.82) is 0 Å². The van der Waals surface area contributed by atoms with E-state index in [1.807, 2.05) is 0 Å². The van der Waals surface area contributed by atoms with Gasteiger partial charge in [-0.25, -0.2) is 0 Å². The summed E-state index contributed by atoms with van der Waals surface area (Å²) in [5.74, 6) is 0.801. The van der Waals surface area contributed by atoms with Crippen LogP contribution in [0.3, 0.4) is 0 Å². The fourth-order valence-corrected chi connectivity index (χ4v) is 2.72. The number of thioether (sulfide) groups is 1. The molecule has 0 spiro atoms. The Bertz CT molecular complexity index is 318. The first-order chi connectivity index (χ1) is 6.46. The summed E-state index contributed by atoms with van der Waals surface area (Å²) in [5.41, 5.74) is -0.651. The first-order valence-corrected chi connectivity index (χ1v) is 6.06. The summed E-state index contributed by atoms with van der Waals surface area (Å²) < 4.78 is -0.902. The Hall–Kier alpha value is 0.0700. The summed E-state index contributed by atoms with van der Waals surface area (Å²) in [5, 5.41) is 3.43. The highest BCUT2D eigenvalue weighted by Crippen LogP contribution is 2.63. The van der Waals surface area contributed by atoms with Crippen molar-refractivity contribution in [3.05, 3.63) is 0 Å². The molecule has 1 N–H and O–H groups in total. The zero-order valence-electron chi connectivity index (χ0n) is 7.64. The monoisotopic (exact) mass is 252 g/mol. The summed E-state index contributed by atoms with van der Waals surface area (Å²) in [6.45, 7) is 2.53. The number of rotatable bonds is 1. The lowest BCUT2D eigenvalue weighted by Gasteiger charge is -2.11. The quantitative estimate of drug-likeness (QED) is 0.724. The largest absolute Gasteiger partial charge is 0.305 e. The van der Waals surface area contributed by atoms with Gasteiger partial charge in [-0.2, -0.15) is 0 Å². The highest BCUT2D eigenvalue weighted by Gasteiger charge is 2.68. The van der Waals surface area contributed by atoms with Crippen LogP contribution in [0.5, 0.6) is 0 Å². The number of carbonyl (C=O) groups is 1. The summed E-state index contributed by atoms with van der Waals surface area (Å²) in [6, 6.07) is 0. The van der Waals surface area contributed by atoms with Crippen molar-refractivity contribution in [1.82, 2.24) is 5.32 Å². The highest BCUT2D eigenvalue weighted by atomic mass is 35.5. The van der Waals surface area contributed by atoms with Gasteiger partial charge in [-0.3, -0.25) is 9.79 Å². The van der Waals surface area contributed by atoms with Crippen molar-refractivity contribution >= 4 is 46.0 Å². The Balaban J connectivity index is 1.97. The van der Waals surface area contributed by atoms with Crippen molar-refractivity contribution in [3.8, 4) is 0 Å². The fourth-order valence-electron chi connectivity index (χ4n) is 1.29. The van der Waals surface area contributed by atoms with Crippen LogP contribution < -0.4 is 5.32 Å². The third-order valence-electron chi connectivity index (χ3n) is 2.56. The van der Waals surface area contributed by atoms with Gasteiger partial charge in [0.15, 0.2) is 5.17 Å². The molecule has 0 aromatic carbocycles. The van der Waals surface area contributed by atoms with Crippen LogP contribution >= 0.6 is 35.0 Å². The SMILES string of the molecule is CC1(C(=O)NC2=NCCS2)CC1(Cl)Cl. The molecule has 1 heterocycles. The molecular weight excluding hydrogens is 243 g/mol. The minimum atomic E-state index is -0.902. The van der Waals surface area contributed by atoms with Gasteiger partial charge in [0, 0.05) is 5.75 Å². The fraction of sp³-hybridized carbons (Fsp3) is 0.750. The van der Waals surface area contributed by atoms with Gasteiger partial charge in [-0.15, -0.1) is 23.2 Å². The topological polar surface area (TPSA) is 41.5 Å². The Labute approximate surface area is 96.6 Å². The second-order valence-electron chi connectivity index (χ2n) is 3.70. The zero-order valence-corrected chi connectivity index (χ0v) is 9.97. The van der Waals surface area contributed by atoms with Crippen molar-refractivity contribution in [3.63, 3.8) is 0 Å². The number of halogens is 2. The molecule has 6 heteroatoms. The van der Waals surface area contributed by atoms with E-state index in [1.165, 1.54) is 0 Å². The molecule has 1 saturated carbocycles. The molecule has 1 aliphatic heterocycles. The predicted molar refractivity (Wildman–Crippen MR) is 60.1 cm³/mol. The Morgan fingerprint density at radius 3 is 2.71 bits per heavy atom. The molecule has 1 unspecified atom stereocenters. The molecule has 1 fully saturated rings. The van der Waals surface area contributed by atoms with Crippen molar-refractivity contribution in [2.45, 2.75) is 17.7 Å². The van der Waals surface area contributed by atoms with E-state index in [9.17, 15) is 4.79 Å². The molecular formula is C8H10Cl2N2OS. The van der Waals surface area contributed by atoms with Gasteiger partial charge in [-0.1, -0.05) is 11.8 Å². The van der Waals surface area contributed by atoms with Crippen LogP contribution in [0.2, 0.25) is 0 Å². The molecule has 78 valence electrons. The summed E-state index contributed by atoms with van der Waals surface area (Å²) in [7, 11) is 0. The number of hydrogen-bond donors (Lipinski definition) is 1. The van der Waals surface area contributed by atoms with Gasteiger partial charge in [0.2, 0.25) is 5.91 Å². The first-order valence-electron chi connectivity index (χ1n) is 4.32. The smallest absolute Gasteiger partial charge is 0.235 e. The van der Waals surface area contributed by atoms with E-state index < -0.39 is 9.75 Å². The molecule has 14 heavy (non-hydrogen) atoms. The lowest BCUT2D eigenvalue weighted by molar-refractivity contribution is -0.124. The minimum absolute atomic E-state index is 0.129. The normalized spacial score (nSPS) is 33.8. The van der Waals surface area contributed by atoms with E-state index in [0.717, 1.165) is 12.3 Å². The number of nitrogens with one attached hydrogen (secondary N) is 1. The Morgan fingerprint density at radius 1 is 1.64 bits per heavy atom. The maximum absolute atomic E-state index is 11.7. The number of nitrogens with zero attached hydrogens (tertiary/aromatic N) is 1. The summed E-state index contributed by atoms with van der Waals surface area (Å²) in [4.78, 5) is 15.9. The molecule has 2 rings (SSSR count). The molecule has 1 atom stereocenters. The number of hydrogen-bond acceptors (Lipinski definition) is 3. The third-order valence-corrected chi connectivity index (χ3v) is 4.56. The van der Waals surface area contributed by atoms with E-state index in [0.29, 0.717) is 11.6 Å². The maximum Gasteiger partial charge on any atom is 0.235 e. The Morgan fingerprint density at radius 2 is 2.29 bits per heavy atom. The van der Waals surface area contributed by atoms with Gasteiger partial charge < -0.3 is 5.32 Å². The lowest BCUT2D eigenvalue weighted by Crippen LogP contribution is -2.35. The van der Waals surface area contributed by atoms with Crippen LogP contribution in [-0.2, 0) is 4.79 Å². The molecule has 2 aliphatic rings. The molecule has 0 radical (unpaired) electrons. The van der Waals surface area contributed by atoms with Crippen LogP contribution in [0.4, 0.5) is 0 Å². The van der Waals surface area contributed by atoms with Gasteiger partial charge >= 0.3 is 0 Å². The summed E-state index contributed by atoms with van der Waals surface area (Å²) >= 11 is 13.3. The van der Waals surface area contributed by atoms with E-state index in [2.05, 4.69) is 10.3 Å². The first kappa shape index (κ1) is 10.6.